The lowest BCUT2D eigenvalue weighted by atomic mass is 9.95. The zero-order valence-corrected chi connectivity index (χ0v) is 10.4. The van der Waals surface area contributed by atoms with E-state index in [0.29, 0.717) is 17.0 Å². The van der Waals surface area contributed by atoms with Crippen molar-refractivity contribution in [3.63, 3.8) is 0 Å². The number of nitrogens with zero attached hydrogens (tertiary/aromatic N) is 1. The van der Waals surface area contributed by atoms with Crippen LogP contribution in [0.25, 0.3) is 0 Å². The summed E-state index contributed by atoms with van der Waals surface area (Å²) in [7, 11) is 0. The predicted octanol–water partition coefficient (Wildman–Crippen LogP) is 3.97. The summed E-state index contributed by atoms with van der Waals surface area (Å²) in [6.07, 6.45) is 4.06. The van der Waals surface area contributed by atoms with Gasteiger partial charge in [0.1, 0.15) is 5.82 Å². The highest BCUT2D eigenvalue weighted by Gasteiger charge is 2.13. The van der Waals surface area contributed by atoms with Crippen LogP contribution in [-0.4, -0.2) is 11.0 Å². The number of halogens is 1. The Morgan fingerprint density at radius 1 is 1.33 bits per heavy atom. The summed E-state index contributed by atoms with van der Waals surface area (Å²) in [5, 5.41) is 4.08. The molecule has 1 aromatic rings. The second-order valence-electron chi connectivity index (χ2n) is 3.87. The van der Waals surface area contributed by atoms with Crippen molar-refractivity contribution in [1.29, 1.82) is 0 Å². The van der Waals surface area contributed by atoms with E-state index in [1.807, 2.05) is 12.1 Å². The summed E-state index contributed by atoms with van der Waals surface area (Å²) in [6, 6.07) is 4.23. The molecule has 0 aliphatic heterocycles. The van der Waals surface area contributed by atoms with Crippen LogP contribution in [0.15, 0.2) is 18.3 Å². The maximum absolute atomic E-state index is 5.78. The van der Waals surface area contributed by atoms with Gasteiger partial charge in [-0.05, 0) is 25.0 Å². The maximum Gasteiger partial charge on any atom is 0.126 e. The second-order valence-corrected chi connectivity index (χ2v) is 4.31. The average Bonchev–Trinajstić information content (AvgIpc) is 2.23. The Morgan fingerprint density at radius 2 is 2.00 bits per heavy atom. The topological polar surface area (TPSA) is 24.9 Å². The first-order chi connectivity index (χ1) is 7.17. The molecule has 0 aromatic carbocycles. The molecule has 0 radical (unpaired) electrons. The Morgan fingerprint density at radius 3 is 2.47 bits per heavy atom. The fourth-order valence-corrected chi connectivity index (χ4v) is 1.92. The first-order valence-corrected chi connectivity index (χ1v) is 5.93. The summed E-state index contributed by atoms with van der Waals surface area (Å²) >= 11 is 5.78. The van der Waals surface area contributed by atoms with Gasteiger partial charge < -0.3 is 5.32 Å². The molecule has 0 spiro atoms. The van der Waals surface area contributed by atoms with E-state index >= 15 is 0 Å². The molecule has 2 nitrogen and oxygen atoms in total. The van der Waals surface area contributed by atoms with Crippen molar-refractivity contribution in [2.45, 2.75) is 39.7 Å². The first-order valence-electron chi connectivity index (χ1n) is 5.55. The monoisotopic (exact) mass is 226 g/mol. The molecule has 15 heavy (non-hydrogen) atoms. The third kappa shape index (κ3) is 3.71. The van der Waals surface area contributed by atoms with E-state index in [9.17, 15) is 0 Å². The van der Waals surface area contributed by atoms with E-state index in [1.54, 1.807) is 6.20 Å². The maximum atomic E-state index is 5.78. The number of rotatable bonds is 5. The number of aromatic nitrogens is 1. The van der Waals surface area contributed by atoms with Crippen LogP contribution in [-0.2, 0) is 0 Å². The molecular formula is C12H19ClN2. The Balaban J connectivity index is 2.57. The molecule has 0 saturated heterocycles. The average molecular weight is 227 g/mol. The van der Waals surface area contributed by atoms with Crippen molar-refractivity contribution in [3.05, 3.63) is 23.4 Å². The SMILES string of the molecule is CCC(CC)C(C)Nc1ccc(Cl)cn1. The molecule has 1 N–H and O–H groups in total. The van der Waals surface area contributed by atoms with Crippen molar-refractivity contribution in [3.8, 4) is 0 Å². The Bertz CT molecular complexity index is 280. The van der Waals surface area contributed by atoms with Crippen LogP contribution < -0.4 is 5.32 Å². The molecule has 0 amide bonds. The van der Waals surface area contributed by atoms with Crippen LogP contribution in [0.3, 0.4) is 0 Å². The van der Waals surface area contributed by atoms with Crippen molar-refractivity contribution in [2.75, 3.05) is 5.32 Å². The molecule has 0 aliphatic rings. The molecule has 1 rings (SSSR count). The normalized spacial score (nSPS) is 12.9. The van der Waals surface area contributed by atoms with Gasteiger partial charge in [-0.1, -0.05) is 38.3 Å². The van der Waals surface area contributed by atoms with Crippen molar-refractivity contribution >= 4 is 17.4 Å². The Labute approximate surface area is 97.1 Å². The van der Waals surface area contributed by atoms with Gasteiger partial charge in [-0.25, -0.2) is 4.98 Å². The van der Waals surface area contributed by atoms with Crippen LogP contribution in [0.4, 0.5) is 5.82 Å². The predicted molar refractivity (Wildman–Crippen MR) is 66.4 cm³/mol. The summed E-state index contributed by atoms with van der Waals surface area (Å²) < 4.78 is 0. The lowest BCUT2D eigenvalue weighted by molar-refractivity contribution is 0.437. The molecule has 3 heteroatoms. The van der Waals surface area contributed by atoms with Crippen LogP contribution >= 0.6 is 11.6 Å². The van der Waals surface area contributed by atoms with Gasteiger partial charge in [0.25, 0.3) is 0 Å². The van der Waals surface area contributed by atoms with Gasteiger partial charge in [-0.15, -0.1) is 0 Å². The molecule has 0 aliphatic carbocycles. The first kappa shape index (κ1) is 12.3. The minimum atomic E-state index is 0.452. The molecule has 1 unspecified atom stereocenters. The van der Waals surface area contributed by atoms with Crippen LogP contribution in [0.2, 0.25) is 5.02 Å². The third-order valence-electron chi connectivity index (χ3n) is 2.86. The largest absolute Gasteiger partial charge is 0.367 e. The van der Waals surface area contributed by atoms with Gasteiger partial charge >= 0.3 is 0 Å². The van der Waals surface area contributed by atoms with E-state index in [-0.39, 0.29) is 0 Å². The standard InChI is InChI=1S/C12H19ClN2/c1-4-10(5-2)9(3)15-12-7-6-11(13)8-14-12/h6-10H,4-5H2,1-3H3,(H,14,15). The minimum absolute atomic E-state index is 0.452. The quantitative estimate of drug-likeness (QED) is 0.822. The van der Waals surface area contributed by atoms with Gasteiger partial charge in [0, 0.05) is 12.2 Å². The highest BCUT2D eigenvalue weighted by Crippen LogP contribution is 2.17. The lowest BCUT2D eigenvalue weighted by Gasteiger charge is -2.22. The number of hydrogen-bond acceptors (Lipinski definition) is 2. The smallest absolute Gasteiger partial charge is 0.126 e. The number of nitrogens with one attached hydrogen (secondary N) is 1. The molecule has 1 aromatic heterocycles. The fraction of sp³-hybridized carbons (Fsp3) is 0.583. The van der Waals surface area contributed by atoms with E-state index < -0.39 is 0 Å². The van der Waals surface area contributed by atoms with Crippen LogP contribution in [0.5, 0.6) is 0 Å². The van der Waals surface area contributed by atoms with E-state index in [1.165, 1.54) is 12.8 Å². The summed E-state index contributed by atoms with van der Waals surface area (Å²) in [5.41, 5.74) is 0. The molecule has 1 atom stereocenters. The number of hydrogen-bond donors (Lipinski definition) is 1. The van der Waals surface area contributed by atoms with Gasteiger partial charge in [0.05, 0.1) is 5.02 Å². The van der Waals surface area contributed by atoms with E-state index in [4.69, 9.17) is 11.6 Å². The highest BCUT2D eigenvalue weighted by molar-refractivity contribution is 6.30. The van der Waals surface area contributed by atoms with Crippen molar-refractivity contribution in [2.24, 2.45) is 5.92 Å². The minimum Gasteiger partial charge on any atom is -0.367 e. The second kappa shape index (κ2) is 5.96. The molecule has 84 valence electrons. The van der Waals surface area contributed by atoms with Gasteiger partial charge in [-0.2, -0.15) is 0 Å². The summed E-state index contributed by atoms with van der Waals surface area (Å²) in [6.45, 7) is 6.65. The van der Waals surface area contributed by atoms with Gasteiger partial charge in [0.2, 0.25) is 0 Å². The zero-order chi connectivity index (χ0) is 11.3. The van der Waals surface area contributed by atoms with E-state index in [0.717, 1.165) is 5.82 Å². The highest BCUT2D eigenvalue weighted by atomic mass is 35.5. The zero-order valence-electron chi connectivity index (χ0n) is 9.63. The number of anilines is 1. The molecule has 0 saturated carbocycles. The third-order valence-corrected chi connectivity index (χ3v) is 3.08. The van der Waals surface area contributed by atoms with Crippen LogP contribution in [0.1, 0.15) is 33.6 Å². The Hall–Kier alpha value is -0.760. The van der Waals surface area contributed by atoms with Crippen molar-refractivity contribution < 1.29 is 0 Å². The van der Waals surface area contributed by atoms with E-state index in [2.05, 4.69) is 31.1 Å². The van der Waals surface area contributed by atoms with Crippen molar-refractivity contribution in [1.82, 2.24) is 4.98 Å². The van der Waals surface area contributed by atoms with Crippen LogP contribution in [0, 0.1) is 5.92 Å². The summed E-state index contributed by atoms with van der Waals surface area (Å²) in [4.78, 5) is 4.23. The lowest BCUT2D eigenvalue weighted by Crippen LogP contribution is -2.25. The molecule has 1 heterocycles. The summed E-state index contributed by atoms with van der Waals surface area (Å²) in [5.74, 6) is 1.60. The molecule has 0 fully saturated rings. The molecule has 0 bridgehead atoms. The Kier molecular flexibility index (Phi) is 4.89. The van der Waals surface area contributed by atoms with Gasteiger partial charge in [-0.3, -0.25) is 0 Å². The van der Waals surface area contributed by atoms with Gasteiger partial charge in [0.15, 0.2) is 0 Å². The fourth-order valence-electron chi connectivity index (χ4n) is 1.81. The molecular weight excluding hydrogens is 208 g/mol. The number of pyridine rings is 1.